The van der Waals surface area contributed by atoms with Gasteiger partial charge in [0.2, 0.25) is 6.29 Å². The number of aliphatic hydroxyl groups excluding tert-OH is 3. The summed E-state index contributed by atoms with van der Waals surface area (Å²) in [7, 11) is 1.51. The number of aliphatic hydroxyl groups is 3. The van der Waals surface area contributed by atoms with E-state index in [4.69, 9.17) is 23.7 Å². The SMILES string of the molecule is COc1ccc(-c2cc(=O)c3c(O)cc(O[C@@H]4O[C@H](C(=O)O)[C@H](O)[C@H](O)[C@@H]4O)cc3o2)cc1. The normalized spacial score (nSPS) is 25.0. The quantitative estimate of drug-likeness (QED) is 0.357. The van der Waals surface area contributed by atoms with Gasteiger partial charge < -0.3 is 44.2 Å². The van der Waals surface area contributed by atoms with Crippen molar-refractivity contribution in [2.24, 2.45) is 0 Å². The van der Waals surface area contributed by atoms with E-state index in [1.165, 1.54) is 19.2 Å². The molecule has 0 unspecified atom stereocenters. The third-order valence-electron chi connectivity index (χ3n) is 5.22. The number of fused-ring (bicyclic) bond motifs is 1. The topological polar surface area (TPSA) is 176 Å². The number of benzene rings is 2. The summed E-state index contributed by atoms with van der Waals surface area (Å²) in [5.41, 5.74) is -0.0124. The average Bonchev–Trinajstić information content (AvgIpc) is 2.78. The molecule has 1 aliphatic heterocycles. The second-order valence-electron chi connectivity index (χ2n) is 7.37. The Bertz CT molecular complexity index is 1230. The van der Waals surface area contributed by atoms with Gasteiger partial charge in [-0.25, -0.2) is 4.79 Å². The molecule has 1 aliphatic rings. The molecule has 174 valence electrons. The monoisotopic (exact) mass is 460 g/mol. The van der Waals surface area contributed by atoms with Crippen LogP contribution in [0, 0.1) is 0 Å². The number of carboxylic acids is 1. The van der Waals surface area contributed by atoms with E-state index in [2.05, 4.69) is 0 Å². The van der Waals surface area contributed by atoms with Crippen LogP contribution in [0.25, 0.3) is 22.3 Å². The number of phenolic OH excluding ortho intramolecular Hbond substituents is 1. The van der Waals surface area contributed by atoms with Gasteiger partial charge >= 0.3 is 5.97 Å². The lowest BCUT2D eigenvalue weighted by Crippen LogP contribution is -2.61. The average molecular weight is 460 g/mol. The van der Waals surface area contributed by atoms with E-state index in [-0.39, 0.29) is 22.5 Å². The molecular formula is C22H20O11. The van der Waals surface area contributed by atoms with Crippen LogP contribution in [0.15, 0.2) is 51.7 Å². The fraction of sp³-hybridized carbons (Fsp3) is 0.273. The number of methoxy groups -OCH3 is 1. The van der Waals surface area contributed by atoms with Gasteiger partial charge in [0.25, 0.3) is 0 Å². The summed E-state index contributed by atoms with van der Waals surface area (Å²) in [4.78, 5) is 23.9. The van der Waals surface area contributed by atoms with Gasteiger partial charge in [0, 0.05) is 23.8 Å². The summed E-state index contributed by atoms with van der Waals surface area (Å²) in [6.45, 7) is 0. The molecule has 5 N–H and O–H groups in total. The van der Waals surface area contributed by atoms with Crippen LogP contribution in [-0.4, -0.2) is 69.3 Å². The number of aromatic hydroxyl groups is 1. The fourth-order valence-electron chi connectivity index (χ4n) is 3.49. The first-order chi connectivity index (χ1) is 15.7. The maximum absolute atomic E-state index is 12.6. The lowest BCUT2D eigenvalue weighted by atomic mass is 9.99. The highest BCUT2D eigenvalue weighted by Gasteiger charge is 2.48. The Morgan fingerprint density at radius 1 is 0.970 bits per heavy atom. The van der Waals surface area contributed by atoms with Crippen LogP contribution >= 0.6 is 0 Å². The Balaban J connectivity index is 1.70. The van der Waals surface area contributed by atoms with Crippen molar-refractivity contribution in [3.63, 3.8) is 0 Å². The summed E-state index contributed by atoms with van der Waals surface area (Å²) < 4.78 is 21.4. The van der Waals surface area contributed by atoms with E-state index in [0.29, 0.717) is 11.3 Å². The van der Waals surface area contributed by atoms with Crippen LogP contribution in [0.1, 0.15) is 0 Å². The number of carbonyl (C=O) groups is 1. The van der Waals surface area contributed by atoms with Crippen LogP contribution in [-0.2, 0) is 9.53 Å². The van der Waals surface area contributed by atoms with Crippen LogP contribution in [0.3, 0.4) is 0 Å². The van der Waals surface area contributed by atoms with Crippen molar-refractivity contribution in [1.82, 2.24) is 0 Å². The van der Waals surface area contributed by atoms with Gasteiger partial charge in [0.05, 0.1) is 7.11 Å². The zero-order valence-electron chi connectivity index (χ0n) is 17.1. The maximum Gasteiger partial charge on any atom is 0.335 e. The van der Waals surface area contributed by atoms with Crippen molar-refractivity contribution < 1.29 is 49.0 Å². The molecule has 1 aromatic heterocycles. The molecule has 1 fully saturated rings. The number of rotatable bonds is 5. The van der Waals surface area contributed by atoms with Crippen LogP contribution in [0.2, 0.25) is 0 Å². The number of ether oxygens (including phenoxy) is 3. The smallest absolute Gasteiger partial charge is 0.335 e. The van der Waals surface area contributed by atoms with Gasteiger partial charge in [-0.3, -0.25) is 4.79 Å². The standard InChI is InChI=1S/C22H20O11/c1-30-10-4-2-9(3-5-10)14-8-13(24)16-12(23)6-11(7-15(16)32-14)31-22-19(27)17(25)18(26)20(33-22)21(28)29/h2-8,17-20,22-23,25-27H,1H3,(H,28,29)/t17-,18+,19-,20-,22+/m0/s1. The summed E-state index contributed by atoms with van der Waals surface area (Å²) in [6, 6.07) is 10.2. The predicted octanol–water partition coefficient (Wildman–Crippen LogP) is 0.445. The molecule has 0 amide bonds. The summed E-state index contributed by atoms with van der Waals surface area (Å²) in [5.74, 6) is -1.40. The maximum atomic E-state index is 12.6. The van der Waals surface area contributed by atoms with E-state index in [0.717, 1.165) is 6.07 Å². The summed E-state index contributed by atoms with van der Waals surface area (Å²) >= 11 is 0. The molecule has 2 heterocycles. The first kappa shape index (κ1) is 22.6. The highest BCUT2D eigenvalue weighted by atomic mass is 16.7. The first-order valence-corrected chi connectivity index (χ1v) is 9.74. The molecule has 33 heavy (non-hydrogen) atoms. The van der Waals surface area contributed by atoms with Gasteiger partial charge in [-0.15, -0.1) is 0 Å². The van der Waals surface area contributed by atoms with Crippen molar-refractivity contribution in [2.75, 3.05) is 7.11 Å². The summed E-state index contributed by atoms with van der Waals surface area (Å²) in [5, 5.41) is 49.2. The Labute approximate surface area is 185 Å². The Morgan fingerprint density at radius 2 is 1.67 bits per heavy atom. The molecule has 11 nitrogen and oxygen atoms in total. The van der Waals surface area contributed by atoms with Crippen LogP contribution < -0.4 is 14.9 Å². The van der Waals surface area contributed by atoms with Crippen molar-refractivity contribution in [3.8, 4) is 28.6 Å². The van der Waals surface area contributed by atoms with Crippen molar-refractivity contribution in [2.45, 2.75) is 30.7 Å². The van der Waals surface area contributed by atoms with E-state index in [9.17, 15) is 30.0 Å². The minimum Gasteiger partial charge on any atom is -0.507 e. The van der Waals surface area contributed by atoms with Gasteiger partial charge in [0.15, 0.2) is 11.5 Å². The molecule has 4 rings (SSSR count). The third kappa shape index (κ3) is 4.22. The van der Waals surface area contributed by atoms with Crippen molar-refractivity contribution in [3.05, 3.63) is 52.7 Å². The lowest BCUT2D eigenvalue weighted by molar-refractivity contribution is -0.271. The van der Waals surface area contributed by atoms with Crippen molar-refractivity contribution in [1.29, 1.82) is 0 Å². The van der Waals surface area contributed by atoms with Crippen LogP contribution in [0.4, 0.5) is 0 Å². The molecule has 2 aromatic carbocycles. The van der Waals surface area contributed by atoms with Gasteiger partial charge in [-0.1, -0.05) is 0 Å². The van der Waals surface area contributed by atoms with Gasteiger partial charge in [0.1, 0.15) is 52.3 Å². The van der Waals surface area contributed by atoms with Gasteiger partial charge in [-0.05, 0) is 24.3 Å². The van der Waals surface area contributed by atoms with E-state index < -0.39 is 47.9 Å². The lowest BCUT2D eigenvalue weighted by Gasteiger charge is -2.38. The Hall–Kier alpha value is -3.64. The van der Waals surface area contributed by atoms with Gasteiger partial charge in [-0.2, -0.15) is 0 Å². The fourth-order valence-corrected chi connectivity index (χ4v) is 3.49. The number of phenols is 1. The molecule has 0 aliphatic carbocycles. The highest BCUT2D eigenvalue weighted by Crippen LogP contribution is 2.33. The second-order valence-corrected chi connectivity index (χ2v) is 7.37. The number of hydrogen-bond acceptors (Lipinski definition) is 10. The number of carboxylic acid groups (broad SMARTS) is 1. The number of hydrogen-bond donors (Lipinski definition) is 5. The third-order valence-corrected chi connectivity index (χ3v) is 5.22. The largest absolute Gasteiger partial charge is 0.507 e. The van der Waals surface area contributed by atoms with Crippen molar-refractivity contribution >= 4 is 16.9 Å². The molecular weight excluding hydrogens is 440 g/mol. The molecule has 11 heteroatoms. The van der Waals surface area contributed by atoms with Crippen LogP contribution in [0.5, 0.6) is 17.2 Å². The molecule has 0 radical (unpaired) electrons. The molecule has 0 bridgehead atoms. The minimum atomic E-state index is -1.88. The zero-order chi connectivity index (χ0) is 23.9. The highest BCUT2D eigenvalue weighted by molar-refractivity contribution is 5.86. The zero-order valence-corrected chi connectivity index (χ0v) is 17.1. The molecule has 1 saturated heterocycles. The van der Waals surface area contributed by atoms with E-state index in [1.54, 1.807) is 24.3 Å². The second kappa shape index (κ2) is 8.71. The molecule has 0 saturated carbocycles. The molecule has 3 aromatic rings. The molecule has 0 spiro atoms. The van der Waals surface area contributed by atoms with E-state index in [1.807, 2.05) is 0 Å². The Morgan fingerprint density at radius 3 is 2.30 bits per heavy atom. The predicted molar refractivity (Wildman–Crippen MR) is 111 cm³/mol. The minimum absolute atomic E-state index is 0.0519. The number of aliphatic carboxylic acids is 1. The van der Waals surface area contributed by atoms with E-state index >= 15 is 0 Å². The first-order valence-electron chi connectivity index (χ1n) is 9.74. The Kier molecular flexibility index (Phi) is 5.95. The summed E-state index contributed by atoms with van der Waals surface area (Å²) in [6.07, 6.45) is -9.10. The molecule has 5 atom stereocenters.